The number of rotatable bonds is 1. The maximum absolute atomic E-state index is 9.22. The smallest absolute Gasteiger partial charge is 0.0835 e. The van der Waals surface area contributed by atoms with Crippen LogP contribution in [0.4, 0.5) is 0 Å². The highest BCUT2D eigenvalue weighted by Gasteiger charge is 2.10. The molecule has 0 bridgehead atoms. The van der Waals surface area contributed by atoms with E-state index >= 15 is 0 Å². The first kappa shape index (κ1) is 9.56. The molecule has 14 heavy (non-hydrogen) atoms. The molecule has 1 aromatic heterocycles. The van der Waals surface area contributed by atoms with Crippen molar-refractivity contribution in [3.05, 3.63) is 34.5 Å². The number of aromatic nitrogens is 1. The van der Waals surface area contributed by atoms with Gasteiger partial charge in [0.05, 0.1) is 6.61 Å². The second kappa shape index (κ2) is 3.30. The minimum atomic E-state index is 0.0641. The van der Waals surface area contributed by atoms with Crippen LogP contribution in [0.1, 0.15) is 11.3 Å². The molecule has 0 radical (unpaired) electrons. The van der Waals surface area contributed by atoms with Crippen LogP contribution in [0.5, 0.6) is 0 Å². The van der Waals surface area contributed by atoms with Crippen molar-refractivity contribution in [3.63, 3.8) is 0 Å². The van der Waals surface area contributed by atoms with Gasteiger partial charge in [-0.1, -0.05) is 17.7 Å². The number of halogens is 1. The van der Waals surface area contributed by atoms with Gasteiger partial charge < -0.3 is 9.67 Å². The van der Waals surface area contributed by atoms with Crippen LogP contribution in [0.15, 0.2) is 18.2 Å². The van der Waals surface area contributed by atoms with Crippen LogP contribution in [0.3, 0.4) is 0 Å². The Labute approximate surface area is 87.7 Å². The number of aliphatic hydroxyl groups is 1. The predicted molar refractivity (Wildman–Crippen MR) is 58.6 cm³/mol. The van der Waals surface area contributed by atoms with E-state index < -0.39 is 0 Å². The van der Waals surface area contributed by atoms with E-state index in [2.05, 4.69) is 0 Å². The lowest BCUT2D eigenvalue weighted by atomic mass is 10.1. The highest BCUT2D eigenvalue weighted by Crippen LogP contribution is 2.26. The molecule has 1 N–H and O–H groups in total. The third-order valence-corrected chi connectivity index (χ3v) is 2.95. The van der Waals surface area contributed by atoms with Gasteiger partial charge in [0.15, 0.2) is 0 Å². The molecule has 0 aliphatic heterocycles. The average molecular weight is 210 g/mol. The van der Waals surface area contributed by atoms with E-state index in [0.717, 1.165) is 27.2 Å². The Bertz CT molecular complexity index is 487. The molecular formula is C11H12ClNO. The van der Waals surface area contributed by atoms with Crippen molar-refractivity contribution in [1.82, 2.24) is 4.57 Å². The first-order valence-corrected chi connectivity index (χ1v) is 4.87. The van der Waals surface area contributed by atoms with Gasteiger partial charge >= 0.3 is 0 Å². The van der Waals surface area contributed by atoms with Gasteiger partial charge in [-0.3, -0.25) is 0 Å². The van der Waals surface area contributed by atoms with E-state index in [1.54, 1.807) is 0 Å². The fourth-order valence-corrected chi connectivity index (χ4v) is 2.04. The molecule has 3 heteroatoms. The first-order chi connectivity index (χ1) is 6.65. The molecule has 0 saturated heterocycles. The lowest BCUT2D eigenvalue weighted by molar-refractivity contribution is 0.272. The van der Waals surface area contributed by atoms with Gasteiger partial charge in [-0.15, -0.1) is 0 Å². The van der Waals surface area contributed by atoms with Crippen molar-refractivity contribution in [1.29, 1.82) is 0 Å². The minimum Gasteiger partial charge on any atom is -0.390 e. The van der Waals surface area contributed by atoms with E-state index in [1.807, 2.05) is 36.7 Å². The largest absolute Gasteiger partial charge is 0.390 e. The van der Waals surface area contributed by atoms with E-state index in [1.165, 1.54) is 0 Å². The molecule has 74 valence electrons. The molecule has 0 atom stereocenters. The van der Waals surface area contributed by atoms with Crippen molar-refractivity contribution in [2.24, 2.45) is 7.05 Å². The molecule has 0 amide bonds. The molecule has 2 rings (SSSR count). The molecule has 2 aromatic rings. The zero-order valence-electron chi connectivity index (χ0n) is 8.21. The van der Waals surface area contributed by atoms with E-state index in [4.69, 9.17) is 11.6 Å². The van der Waals surface area contributed by atoms with Gasteiger partial charge in [0.25, 0.3) is 0 Å². The Balaban J connectivity index is 2.87. The molecule has 0 saturated carbocycles. The van der Waals surface area contributed by atoms with E-state index in [9.17, 15) is 5.11 Å². The van der Waals surface area contributed by atoms with Gasteiger partial charge in [-0.25, -0.2) is 0 Å². The second-order valence-electron chi connectivity index (χ2n) is 3.45. The fourth-order valence-electron chi connectivity index (χ4n) is 1.88. The van der Waals surface area contributed by atoms with Gasteiger partial charge in [0, 0.05) is 28.7 Å². The number of hydrogen-bond acceptors (Lipinski definition) is 1. The second-order valence-corrected chi connectivity index (χ2v) is 3.89. The normalized spacial score (nSPS) is 11.1. The molecule has 0 aliphatic carbocycles. The van der Waals surface area contributed by atoms with Crippen LogP contribution in [0, 0.1) is 6.92 Å². The summed E-state index contributed by atoms with van der Waals surface area (Å²) >= 11 is 5.92. The Hall–Kier alpha value is -0.990. The average Bonchev–Trinajstić information content (AvgIpc) is 2.39. The number of nitrogens with zero attached hydrogens (tertiary/aromatic N) is 1. The van der Waals surface area contributed by atoms with Crippen LogP contribution in [0.25, 0.3) is 10.9 Å². The summed E-state index contributed by atoms with van der Waals surface area (Å²) in [5.41, 5.74) is 3.14. The highest BCUT2D eigenvalue weighted by molar-refractivity contribution is 6.31. The van der Waals surface area contributed by atoms with Crippen LogP contribution < -0.4 is 0 Å². The molecule has 0 spiro atoms. The summed E-state index contributed by atoms with van der Waals surface area (Å²) in [4.78, 5) is 0. The summed E-state index contributed by atoms with van der Waals surface area (Å²) < 4.78 is 1.98. The molecule has 1 heterocycles. The highest BCUT2D eigenvalue weighted by atomic mass is 35.5. The van der Waals surface area contributed by atoms with Crippen LogP contribution >= 0.6 is 11.6 Å². The number of hydrogen-bond donors (Lipinski definition) is 1. The molecular weight excluding hydrogens is 198 g/mol. The van der Waals surface area contributed by atoms with Gasteiger partial charge in [-0.05, 0) is 24.6 Å². The number of fused-ring (bicyclic) bond motifs is 1. The van der Waals surface area contributed by atoms with Crippen molar-refractivity contribution >= 4 is 22.5 Å². The Morgan fingerprint density at radius 2 is 2.14 bits per heavy atom. The fraction of sp³-hybridized carbons (Fsp3) is 0.273. The molecule has 0 fully saturated rings. The van der Waals surface area contributed by atoms with Crippen molar-refractivity contribution < 1.29 is 5.11 Å². The molecule has 1 aromatic carbocycles. The van der Waals surface area contributed by atoms with Crippen LogP contribution in [-0.4, -0.2) is 9.67 Å². The lowest BCUT2D eigenvalue weighted by Crippen LogP contribution is -1.96. The van der Waals surface area contributed by atoms with Gasteiger partial charge in [-0.2, -0.15) is 0 Å². The lowest BCUT2D eigenvalue weighted by Gasteiger charge is -2.00. The molecule has 0 aliphatic rings. The summed E-state index contributed by atoms with van der Waals surface area (Å²) in [6, 6.07) is 5.78. The summed E-state index contributed by atoms with van der Waals surface area (Å²) in [7, 11) is 1.94. The minimum absolute atomic E-state index is 0.0641. The van der Waals surface area contributed by atoms with Gasteiger partial charge in [0.2, 0.25) is 0 Å². The van der Waals surface area contributed by atoms with Crippen LogP contribution in [0.2, 0.25) is 5.02 Å². The Kier molecular flexibility index (Phi) is 2.25. The molecule has 2 nitrogen and oxygen atoms in total. The Morgan fingerprint density at radius 1 is 1.43 bits per heavy atom. The third kappa shape index (κ3) is 1.22. The SMILES string of the molecule is Cc1c(CO)n(C)c2cc(Cl)ccc12. The summed E-state index contributed by atoms with van der Waals surface area (Å²) in [6.45, 7) is 2.08. The summed E-state index contributed by atoms with van der Waals surface area (Å²) in [5, 5.41) is 11.1. The predicted octanol–water partition coefficient (Wildman–Crippen LogP) is 2.63. The number of benzene rings is 1. The Morgan fingerprint density at radius 3 is 2.79 bits per heavy atom. The summed E-state index contributed by atoms with van der Waals surface area (Å²) in [6.07, 6.45) is 0. The van der Waals surface area contributed by atoms with Crippen molar-refractivity contribution in [2.45, 2.75) is 13.5 Å². The van der Waals surface area contributed by atoms with Crippen LogP contribution in [-0.2, 0) is 13.7 Å². The standard InChI is InChI=1S/C11H12ClNO/c1-7-9-4-3-8(12)5-10(9)13(2)11(7)6-14/h3-5,14H,6H2,1-2H3. The number of aryl methyl sites for hydroxylation is 2. The zero-order chi connectivity index (χ0) is 10.3. The zero-order valence-corrected chi connectivity index (χ0v) is 8.97. The topological polar surface area (TPSA) is 25.2 Å². The van der Waals surface area contributed by atoms with E-state index in [-0.39, 0.29) is 6.61 Å². The maximum atomic E-state index is 9.22. The van der Waals surface area contributed by atoms with Crippen molar-refractivity contribution in [3.8, 4) is 0 Å². The number of aliphatic hydroxyl groups excluding tert-OH is 1. The maximum Gasteiger partial charge on any atom is 0.0835 e. The molecule has 0 unspecified atom stereocenters. The quantitative estimate of drug-likeness (QED) is 0.768. The first-order valence-electron chi connectivity index (χ1n) is 4.49. The monoisotopic (exact) mass is 209 g/mol. The van der Waals surface area contributed by atoms with Crippen molar-refractivity contribution in [2.75, 3.05) is 0 Å². The van der Waals surface area contributed by atoms with E-state index in [0.29, 0.717) is 0 Å². The third-order valence-electron chi connectivity index (χ3n) is 2.71. The van der Waals surface area contributed by atoms with Gasteiger partial charge in [0.1, 0.15) is 0 Å². The summed E-state index contributed by atoms with van der Waals surface area (Å²) in [5.74, 6) is 0.